The lowest BCUT2D eigenvalue weighted by Crippen LogP contribution is -2.45. The summed E-state index contributed by atoms with van der Waals surface area (Å²) in [7, 11) is 0. The van der Waals surface area contributed by atoms with Crippen molar-refractivity contribution in [3.05, 3.63) is 78.0 Å². The van der Waals surface area contributed by atoms with Gasteiger partial charge in [-0.15, -0.1) is 0 Å². The smallest absolute Gasteiger partial charge is 0.251 e. The normalized spacial score (nSPS) is 17.3. The van der Waals surface area contributed by atoms with Crippen LogP contribution in [0.25, 0.3) is 11.1 Å². The molecule has 2 aliphatic rings. The molecule has 0 aliphatic carbocycles. The van der Waals surface area contributed by atoms with Crippen LogP contribution in [0.15, 0.2) is 61.1 Å². The topological polar surface area (TPSA) is 61.4 Å². The Kier molecular flexibility index (Phi) is 7.33. The van der Waals surface area contributed by atoms with Gasteiger partial charge >= 0.3 is 0 Å². The van der Waals surface area contributed by atoms with E-state index in [1.54, 1.807) is 30.6 Å². The third-order valence-electron chi connectivity index (χ3n) is 7.02. The van der Waals surface area contributed by atoms with E-state index in [1.807, 2.05) is 6.20 Å². The minimum atomic E-state index is -0.364. The van der Waals surface area contributed by atoms with Crippen molar-refractivity contribution in [3.63, 3.8) is 0 Å². The molecular weight excluding hydrogens is 441 g/mol. The minimum Gasteiger partial charge on any atom is -0.356 e. The van der Waals surface area contributed by atoms with Crippen LogP contribution in [0.4, 0.5) is 10.2 Å². The fraction of sp³-hybridized carbons (Fsp3) is 0.393. The van der Waals surface area contributed by atoms with Crippen molar-refractivity contribution < 1.29 is 9.18 Å². The Balaban J connectivity index is 1.14. The number of carbonyl (C=O) groups is 1. The Morgan fingerprint density at radius 2 is 1.83 bits per heavy atom. The van der Waals surface area contributed by atoms with E-state index in [0.29, 0.717) is 16.7 Å². The molecule has 2 fully saturated rings. The molecule has 4 heterocycles. The summed E-state index contributed by atoms with van der Waals surface area (Å²) in [5.74, 6) is 0.461. The average molecular weight is 474 g/mol. The molecule has 2 aliphatic heterocycles. The number of piperidine rings is 2. The number of pyridine rings is 2. The lowest BCUT2D eigenvalue weighted by Gasteiger charge is -2.33. The molecule has 3 aromatic rings. The van der Waals surface area contributed by atoms with Crippen molar-refractivity contribution in [2.75, 3.05) is 31.1 Å². The third-order valence-corrected chi connectivity index (χ3v) is 7.02. The van der Waals surface area contributed by atoms with Crippen LogP contribution in [-0.2, 0) is 6.54 Å². The van der Waals surface area contributed by atoms with Crippen molar-refractivity contribution in [1.82, 2.24) is 20.2 Å². The van der Waals surface area contributed by atoms with E-state index in [9.17, 15) is 9.18 Å². The summed E-state index contributed by atoms with van der Waals surface area (Å²) in [6.45, 7) is 5.03. The number of likely N-dealkylation sites (tertiary alicyclic amines) is 1. The Morgan fingerprint density at radius 3 is 2.54 bits per heavy atom. The molecule has 2 saturated heterocycles. The Morgan fingerprint density at radius 1 is 1.00 bits per heavy atom. The summed E-state index contributed by atoms with van der Waals surface area (Å²) in [6.07, 6.45) is 10.9. The second-order valence-electron chi connectivity index (χ2n) is 9.53. The highest BCUT2D eigenvalue weighted by molar-refractivity contribution is 5.95. The summed E-state index contributed by atoms with van der Waals surface area (Å²) in [5.41, 5.74) is 2.76. The van der Waals surface area contributed by atoms with Crippen LogP contribution >= 0.6 is 0 Å². The maximum Gasteiger partial charge on any atom is 0.251 e. The number of halogens is 1. The minimum absolute atomic E-state index is 0.0871. The van der Waals surface area contributed by atoms with Crippen molar-refractivity contribution in [2.45, 2.75) is 44.7 Å². The van der Waals surface area contributed by atoms with E-state index in [1.165, 1.54) is 50.0 Å². The average Bonchev–Trinajstić information content (AvgIpc) is 2.91. The molecule has 35 heavy (non-hydrogen) atoms. The molecule has 0 bridgehead atoms. The zero-order valence-electron chi connectivity index (χ0n) is 20.0. The summed E-state index contributed by atoms with van der Waals surface area (Å²) in [6, 6.07) is 12.4. The molecule has 1 aromatic carbocycles. The molecule has 1 amide bonds. The van der Waals surface area contributed by atoms with Crippen molar-refractivity contribution in [1.29, 1.82) is 0 Å². The van der Waals surface area contributed by atoms with Gasteiger partial charge in [0.25, 0.3) is 5.91 Å². The van der Waals surface area contributed by atoms with Gasteiger partial charge in [0.05, 0.1) is 0 Å². The third kappa shape index (κ3) is 5.85. The maximum absolute atomic E-state index is 14.4. The van der Waals surface area contributed by atoms with Crippen LogP contribution in [-0.4, -0.2) is 53.0 Å². The van der Waals surface area contributed by atoms with Gasteiger partial charge in [0.15, 0.2) is 0 Å². The number of anilines is 1. The first-order chi connectivity index (χ1) is 17.2. The van der Waals surface area contributed by atoms with Crippen LogP contribution in [0.3, 0.4) is 0 Å². The summed E-state index contributed by atoms with van der Waals surface area (Å²) >= 11 is 0. The Hall–Kier alpha value is -3.32. The molecule has 182 valence electrons. The maximum atomic E-state index is 14.4. The summed E-state index contributed by atoms with van der Waals surface area (Å²) < 4.78 is 14.4. The van der Waals surface area contributed by atoms with Gasteiger partial charge in [0, 0.05) is 61.0 Å². The van der Waals surface area contributed by atoms with E-state index < -0.39 is 0 Å². The van der Waals surface area contributed by atoms with Gasteiger partial charge in [-0.3, -0.25) is 14.7 Å². The SMILES string of the molecule is O=C(NC1CCN(c2ccc(CN3CCCCC3)cn2)CC1)c1ccc(F)c(-c2cccnc2)c1. The van der Waals surface area contributed by atoms with Crippen molar-refractivity contribution >= 4 is 11.7 Å². The lowest BCUT2D eigenvalue weighted by atomic mass is 10.0. The molecule has 7 heteroatoms. The lowest BCUT2D eigenvalue weighted by molar-refractivity contribution is 0.0931. The van der Waals surface area contributed by atoms with E-state index in [2.05, 4.69) is 32.2 Å². The van der Waals surface area contributed by atoms with Gasteiger partial charge < -0.3 is 10.2 Å². The zero-order chi connectivity index (χ0) is 24.0. The highest BCUT2D eigenvalue weighted by Crippen LogP contribution is 2.24. The predicted octanol–water partition coefficient (Wildman–Crippen LogP) is 4.67. The van der Waals surface area contributed by atoms with Gasteiger partial charge in [-0.25, -0.2) is 9.37 Å². The molecule has 0 unspecified atom stereocenters. The molecule has 0 atom stereocenters. The van der Waals surface area contributed by atoms with Gasteiger partial charge in [0.2, 0.25) is 0 Å². The number of amides is 1. The van der Waals surface area contributed by atoms with E-state index >= 15 is 0 Å². The molecule has 0 spiro atoms. The first kappa shape index (κ1) is 23.4. The second kappa shape index (κ2) is 11.0. The van der Waals surface area contributed by atoms with Gasteiger partial charge in [0.1, 0.15) is 11.6 Å². The van der Waals surface area contributed by atoms with Gasteiger partial charge in [-0.1, -0.05) is 18.6 Å². The van der Waals surface area contributed by atoms with Gasteiger partial charge in [-0.05, 0) is 74.7 Å². The molecule has 1 N–H and O–H groups in total. The highest BCUT2D eigenvalue weighted by Gasteiger charge is 2.23. The number of nitrogens with zero attached hydrogens (tertiary/aromatic N) is 4. The fourth-order valence-electron chi connectivity index (χ4n) is 5.00. The Labute approximate surface area is 206 Å². The first-order valence-corrected chi connectivity index (χ1v) is 12.6. The van der Waals surface area contributed by atoms with Crippen molar-refractivity contribution in [3.8, 4) is 11.1 Å². The standard InChI is InChI=1S/C28H32FN5O/c29-26-8-7-22(17-25(26)23-5-4-12-30-19-23)28(35)32-24-10-15-34(16-11-24)27-9-6-21(18-31-27)20-33-13-2-1-3-14-33/h4-9,12,17-19,24H,1-3,10-11,13-16,20H2,(H,32,35). The molecule has 5 rings (SSSR count). The second-order valence-corrected chi connectivity index (χ2v) is 9.53. The van der Waals surface area contributed by atoms with E-state index in [-0.39, 0.29) is 17.8 Å². The van der Waals surface area contributed by atoms with Crippen LogP contribution < -0.4 is 10.2 Å². The number of carbonyl (C=O) groups excluding carboxylic acids is 1. The number of benzene rings is 1. The number of hydrogen-bond acceptors (Lipinski definition) is 5. The van der Waals surface area contributed by atoms with Crippen molar-refractivity contribution in [2.24, 2.45) is 0 Å². The molecular formula is C28H32FN5O. The Bertz CT molecular complexity index is 1120. The largest absolute Gasteiger partial charge is 0.356 e. The molecule has 0 radical (unpaired) electrons. The fourth-order valence-corrected chi connectivity index (χ4v) is 5.00. The quantitative estimate of drug-likeness (QED) is 0.564. The first-order valence-electron chi connectivity index (χ1n) is 12.6. The zero-order valence-corrected chi connectivity index (χ0v) is 20.0. The monoisotopic (exact) mass is 473 g/mol. The van der Waals surface area contributed by atoms with E-state index in [4.69, 9.17) is 4.98 Å². The number of rotatable bonds is 6. The van der Waals surface area contributed by atoms with Crippen LogP contribution in [0.1, 0.15) is 48.0 Å². The summed E-state index contributed by atoms with van der Waals surface area (Å²) in [5, 5.41) is 3.13. The van der Waals surface area contributed by atoms with Crippen LogP contribution in [0, 0.1) is 5.82 Å². The number of hydrogen-bond donors (Lipinski definition) is 1. The predicted molar refractivity (Wildman–Crippen MR) is 136 cm³/mol. The van der Waals surface area contributed by atoms with E-state index in [0.717, 1.165) is 38.3 Å². The van der Waals surface area contributed by atoms with Gasteiger partial charge in [-0.2, -0.15) is 0 Å². The molecule has 0 saturated carbocycles. The highest BCUT2D eigenvalue weighted by atomic mass is 19.1. The van der Waals surface area contributed by atoms with Crippen LogP contribution in [0.5, 0.6) is 0 Å². The molecule has 6 nitrogen and oxygen atoms in total. The number of nitrogens with one attached hydrogen (secondary N) is 1. The molecule has 2 aromatic heterocycles. The van der Waals surface area contributed by atoms with Crippen LogP contribution in [0.2, 0.25) is 0 Å². The summed E-state index contributed by atoms with van der Waals surface area (Å²) in [4.78, 5) is 26.4. The number of aromatic nitrogens is 2.